The summed E-state index contributed by atoms with van der Waals surface area (Å²) < 4.78 is 1.70. The van der Waals surface area contributed by atoms with Crippen LogP contribution in [0.1, 0.15) is 11.6 Å². The maximum atomic E-state index is 5.38. The minimum Gasteiger partial charge on any atom is -0.292 e. The summed E-state index contributed by atoms with van der Waals surface area (Å²) in [4.78, 5) is 13.8. The molecule has 0 saturated heterocycles. The summed E-state index contributed by atoms with van der Waals surface area (Å²) in [7, 11) is 0. The molecule has 3 heterocycles. The number of hydrogen-bond acceptors (Lipinski definition) is 7. The zero-order chi connectivity index (χ0) is 12.7. The third-order valence-electron chi connectivity index (χ3n) is 2.51. The Bertz CT molecular complexity index is 714. The average molecular weight is 261 g/mol. The van der Waals surface area contributed by atoms with Crippen molar-refractivity contribution in [1.29, 1.82) is 0 Å². The molecule has 92 valence electrons. The van der Waals surface area contributed by atoms with Crippen LogP contribution in [0.2, 0.25) is 0 Å². The molecule has 3 aromatic heterocycles. The van der Waals surface area contributed by atoms with E-state index < -0.39 is 0 Å². The van der Waals surface area contributed by atoms with Gasteiger partial charge in [0.1, 0.15) is 16.5 Å². The van der Waals surface area contributed by atoms with E-state index in [1.807, 2.05) is 25.3 Å². The van der Waals surface area contributed by atoms with E-state index in [-0.39, 0.29) is 0 Å². The van der Waals surface area contributed by atoms with Gasteiger partial charge in [0.2, 0.25) is 5.95 Å². The molecule has 0 unspecified atom stereocenters. The molecule has 0 aliphatic carbocycles. The molecular formula is C10H11N7S. The van der Waals surface area contributed by atoms with Crippen LogP contribution in [0.15, 0.2) is 11.4 Å². The number of aryl methyl sites for hydroxylation is 2. The van der Waals surface area contributed by atoms with Crippen molar-refractivity contribution < 1.29 is 0 Å². The van der Waals surface area contributed by atoms with Crippen molar-refractivity contribution in [1.82, 2.24) is 24.7 Å². The van der Waals surface area contributed by atoms with E-state index in [1.54, 1.807) is 4.68 Å². The summed E-state index contributed by atoms with van der Waals surface area (Å²) in [5.74, 6) is 7.92. The van der Waals surface area contributed by atoms with Gasteiger partial charge in [-0.2, -0.15) is 9.67 Å². The number of nitrogen functional groups attached to an aromatic ring is 1. The smallest absolute Gasteiger partial charge is 0.240 e. The van der Waals surface area contributed by atoms with Crippen molar-refractivity contribution in [3.8, 4) is 5.82 Å². The van der Waals surface area contributed by atoms with Crippen LogP contribution in [0.4, 0.5) is 5.95 Å². The van der Waals surface area contributed by atoms with Gasteiger partial charge in [0.05, 0.1) is 5.39 Å². The molecule has 3 aromatic rings. The molecule has 7 nitrogen and oxygen atoms in total. The third-order valence-corrected chi connectivity index (χ3v) is 3.32. The zero-order valence-corrected chi connectivity index (χ0v) is 10.7. The Balaban J connectivity index is 2.33. The van der Waals surface area contributed by atoms with Gasteiger partial charge in [-0.3, -0.25) is 5.43 Å². The van der Waals surface area contributed by atoms with E-state index in [2.05, 4.69) is 25.5 Å². The Morgan fingerprint density at radius 3 is 2.78 bits per heavy atom. The highest BCUT2D eigenvalue weighted by molar-refractivity contribution is 7.16. The number of hydrazine groups is 1. The van der Waals surface area contributed by atoms with E-state index in [1.165, 1.54) is 11.3 Å². The van der Waals surface area contributed by atoms with Gasteiger partial charge in [-0.1, -0.05) is 0 Å². The Hall–Kier alpha value is -2.06. The number of nitrogens with one attached hydrogen (secondary N) is 1. The molecule has 0 atom stereocenters. The molecule has 0 amide bonds. The fourth-order valence-corrected chi connectivity index (χ4v) is 2.55. The van der Waals surface area contributed by atoms with Crippen LogP contribution in [-0.2, 0) is 0 Å². The summed E-state index contributed by atoms with van der Waals surface area (Å²) in [6.45, 7) is 3.73. The Labute approximate surface area is 107 Å². The van der Waals surface area contributed by atoms with Crippen molar-refractivity contribution in [3.63, 3.8) is 0 Å². The normalized spacial score (nSPS) is 11.1. The third kappa shape index (κ3) is 1.62. The van der Waals surface area contributed by atoms with E-state index in [0.717, 1.165) is 16.0 Å². The lowest BCUT2D eigenvalue weighted by molar-refractivity contribution is 0.809. The molecular weight excluding hydrogens is 250 g/mol. The van der Waals surface area contributed by atoms with Gasteiger partial charge in [0, 0.05) is 0 Å². The highest BCUT2D eigenvalue weighted by Gasteiger charge is 2.13. The molecule has 3 rings (SSSR count). The van der Waals surface area contributed by atoms with Gasteiger partial charge >= 0.3 is 0 Å². The van der Waals surface area contributed by atoms with Crippen LogP contribution in [0.3, 0.4) is 0 Å². The minimum absolute atomic E-state index is 0.368. The molecule has 3 N–H and O–H groups in total. The Morgan fingerprint density at radius 2 is 2.11 bits per heavy atom. The highest BCUT2D eigenvalue weighted by Crippen LogP contribution is 2.25. The molecule has 0 fully saturated rings. The second-order valence-electron chi connectivity index (χ2n) is 3.77. The first-order valence-corrected chi connectivity index (χ1v) is 6.19. The average Bonchev–Trinajstić information content (AvgIpc) is 2.94. The molecule has 0 saturated carbocycles. The molecule has 0 spiro atoms. The van der Waals surface area contributed by atoms with Crippen LogP contribution < -0.4 is 11.3 Å². The van der Waals surface area contributed by atoms with Gasteiger partial charge in [0.15, 0.2) is 5.82 Å². The van der Waals surface area contributed by atoms with E-state index in [9.17, 15) is 0 Å². The van der Waals surface area contributed by atoms with Crippen LogP contribution in [-0.4, -0.2) is 24.7 Å². The molecule has 0 aliphatic rings. The van der Waals surface area contributed by atoms with Gasteiger partial charge in [-0.25, -0.2) is 15.8 Å². The second-order valence-corrected chi connectivity index (χ2v) is 4.67. The van der Waals surface area contributed by atoms with Crippen LogP contribution in [0.25, 0.3) is 16.0 Å². The first-order valence-electron chi connectivity index (χ1n) is 5.31. The number of thiophene rings is 1. The Morgan fingerprint density at radius 1 is 1.28 bits per heavy atom. The number of hydrogen-bond donors (Lipinski definition) is 2. The first kappa shape index (κ1) is 11.1. The summed E-state index contributed by atoms with van der Waals surface area (Å²) in [5, 5.41) is 7.23. The lowest BCUT2D eigenvalue weighted by Gasteiger charge is -2.06. The number of rotatable bonds is 2. The Kier molecular flexibility index (Phi) is 2.46. The SMILES string of the molecule is Cc1nc(C)n(-c2nc(NN)nc3sccc23)n1. The lowest BCUT2D eigenvalue weighted by atomic mass is 10.4. The molecule has 0 radical (unpaired) electrons. The molecule has 18 heavy (non-hydrogen) atoms. The second kappa shape index (κ2) is 4.00. The fourth-order valence-electron chi connectivity index (χ4n) is 1.79. The van der Waals surface area contributed by atoms with Crippen molar-refractivity contribution in [2.75, 3.05) is 5.43 Å². The van der Waals surface area contributed by atoms with Crippen LogP contribution in [0, 0.1) is 13.8 Å². The number of nitrogens with zero attached hydrogens (tertiary/aromatic N) is 5. The monoisotopic (exact) mass is 261 g/mol. The van der Waals surface area contributed by atoms with E-state index in [0.29, 0.717) is 17.6 Å². The van der Waals surface area contributed by atoms with E-state index in [4.69, 9.17) is 5.84 Å². The van der Waals surface area contributed by atoms with Crippen LogP contribution >= 0.6 is 11.3 Å². The lowest BCUT2D eigenvalue weighted by Crippen LogP contribution is -2.13. The van der Waals surface area contributed by atoms with Crippen molar-refractivity contribution in [2.45, 2.75) is 13.8 Å². The van der Waals surface area contributed by atoms with Crippen molar-refractivity contribution in [2.24, 2.45) is 5.84 Å². The number of aromatic nitrogens is 5. The molecule has 0 bridgehead atoms. The topological polar surface area (TPSA) is 94.5 Å². The maximum absolute atomic E-state index is 5.38. The highest BCUT2D eigenvalue weighted by atomic mass is 32.1. The number of nitrogens with two attached hydrogens (primary N) is 1. The molecule has 0 aromatic carbocycles. The van der Waals surface area contributed by atoms with Gasteiger partial charge in [-0.05, 0) is 25.3 Å². The zero-order valence-electron chi connectivity index (χ0n) is 9.88. The maximum Gasteiger partial charge on any atom is 0.240 e. The predicted octanol–water partition coefficient (Wildman–Crippen LogP) is 1.17. The summed E-state index contributed by atoms with van der Waals surface area (Å²) in [6.07, 6.45) is 0. The number of anilines is 1. The first-order chi connectivity index (χ1) is 8.69. The van der Waals surface area contributed by atoms with Gasteiger partial charge in [-0.15, -0.1) is 16.4 Å². The largest absolute Gasteiger partial charge is 0.292 e. The summed E-state index contributed by atoms with van der Waals surface area (Å²) in [6, 6.07) is 1.96. The van der Waals surface area contributed by atoms with Gasteiger partial charge < -0.3 is 0 Å². The minimum atomic E-state index is 0.368. The predicted molar refractivity (Wildman–Crippen MR) is 69.6 cm³/mol. The quantitative estimate of drug-likeness (QED) is 0.531. The molecule has 8 heteroatoms. The van der Waals surface area contributed by atoms with E-state index >= 15 is 0 Å². The van der Waals surface area contributed by atoms with Crippen molar-refractivity contribution >= 4 is 27.5 Å². The fraction of sp³-hybridized carbons (Fsp3) is 0.200. The standard InChI is InChI=1S/C10H11N7S/c1-5-12-6(2)17(16-5)8-7-3-4-18-9(7)14-10(13-8)15-11/h3-4H,11H2,1-2H3,(H,13,14,15). The number of fused-ring (bicyclic) bond motifs is 1. The van der Waals surface area contributed by atoms with Gasteiger partial charge in [0.25, 0.3) is 0 Å². The van der Waals surface area contributed by atoms with Crippen LogP contribution in [0.5, 0.6) is 0 Å². The summed E-state index contributed by atoms with van der Waals surface area (Å²) >= 11 is 1.53. The summed E-state index contributed by atoms with van der Waals surface area (Å²) in [5.41, 5.74) is 2.47. The van der Waals surface area contributed by atoms with Crippen molar-refractivity contribution in [3.05, 3.63) is 23.1 Å². The molecule has 0 aliphatic heterocycles.